The van der Waals surface area contributed by atoms with Gasteiger partial charge >= 0.3 is 14.2 Å². The maximum Gasteiger partial charge on any atom is 0.463 e. The van der Waals surface area contributed by atoms with Gasteiger partial charge in [-0.3, -0.25) is 0 Å². The molecular formula is C27H36B2O4. The van der Waals surface area contributed by atoms with E-state index < -0.39 is 41.9 Å². The van der Waals surface area contributed by atoms with E-state index in [4.69, 9.17) is 18.6 Å². The van der Waals surface area contributed by atoms with Gasteiger partial charge in [0.05, 0.1) is 27.6 Å². The molecule has 0 N–H and O–H groups in total. The van der Waals surface area contributed by atoms with E-state index in [1.54, 1.807) is 0 Å². The van der Waals surface area contributed by atoms with Gasteiger partial charge in [-0.25, -0.2) is 0 Å². The first-order valence-electron chi connectivity index (χ1n) is 12.1. The van der Waals surface area contributed by atoms with Crippen LogP contribution in [0.3, 0.4) is 0 Å². The summed E-state index contributed by atoms with van der Waals surface area (Å²) in [6.07, 6.45) is 0.821. The molecule has 4 nitrogen and oxygen atoms in total. The molecule has 0 radical (unpaired) electrons. The largest absolute Gasteiger partial charge is 0.463 e. The van der Waals surface area contributed by atoms with Crippen LogP contribution in [0.4, 0.5) is 0 Å². The number of rotatable bonds is 4. The second-order valence-corrected chi connectivity index (χ2v) is 12.0. The van der Waals surface area contributed by atoms with Gasteiger partial charge in [-0.15, -0.1) is 0 Å². The molecule has 2 heterocycles. The van der Waals surface area contributed by atoms with E-state index in [9.17, 15) is 0 Å². The van der Waals surface area contributed by atoms with E-state index in [0.717, 1.165) is 6.42 Å². The molecule has 33 heavy (non-hydrogen) atoms. The Hall–Kier alpha value is -1.59. The maximum atomic E-state index is 6.76. The highest BCUT2D eigenvalue weighted by atomic mass is 16.7. The van der Waals surface area contributed by atoms with Gasteiger partial charge in [0.1, 0.15) is 0 Å². The molecule has 1 aliphatic carbocycles. The van der Waals surface area contributed by atoms with Crippen LogP contribution in [0.15, 0.2) is 60.7 Å². The Balaban J connectivity index is 1.71. The molecular weight excluding hydrogens is 410 g/mol. The molecule has 0 amide bonds. The number of hydrogen-bond acceptors (Lipinski definition) is 4. The SMILES string of the molecule is CC1(C)OB(C2(B3OC(C)(C)C(C)(C)O3)CC2(c2ccccc2)c2ccccc2)OC1(C)C. The monoisotopic (exact) mass is 446 g/mol. The lowest BCUT2D eigenvalue weighted by Gasteiger charge is -2.32. The van der Waals surface area contributed by atoms with Crippen LogP contribution in [0.5, 0.6) is 0 Å². The summed E-state index contributed by atoms with van der Waals surface area (Å²) in [5, 5.41) is -0.536. The first kappa shape index (κ1) is 23.2. The highest BCUT2D eigenvalue weighted by Crippen LogP contribution is 2.79. The van der Waals surface area contributed by atoms with Crippen molar-refractivity contribution >= 4 is 14.2 Å². The third-order valence-electron chi connectivity index (χ3n) is 9.11. The van der Waals surface area contributed by atoms with Gasteiger partial charge < -0.3 is 18.6 Å². The van der Waals surface area contributed by atoms with Crippen molar-refractivity contribution in [2.24, 2.45) is 0 Å². The number of hydrogen-bond donors (Lipinski definition) is 0. The summed E-state index contributed by atoms with van der Waals surface area (Å²) in [4.78, 5) is 0. The third kappa shape index (κ3) is 3.07. The van der Waals surface area contributed by atoms with Gasteiger partial charge in [0.15, 0.2) is 0 Å². The Morgan fingerprint density at radius 2 is 0.818 bits per heavy atom. The lowest BCUT2D eigenvalue weighted by atomic mass is 9.43. The fraction of sp³-hybridized carbons (Fsp3) is 0.556. The molecule has 0 unspecified atom stereocenters. The van der Waals surface area contributed by atoms with Crippen LogP contribution in [-0.2, 0) is 24.0 Å². The molecule has 0 aromatic heterocycles. The van der Waals surface area contributed by atoms with Crippen molar-refractivity contribution in [3.8, 4) is 0 Å². The Morgan fingerprint density at radius 3 is 1.12 bits per heavy atom. The standard InChI is InChI=1S/C27H36B2O4/c1-22(2)23(3,4)31-28(30-22)27(29-32-24(5,6)25(7,8)33-29)19-26(27,20-15-11-9-12-16-20)21-17-13-10-14-18-21/h9-18H,19H2,1-8H3. The van der Waals surface area contributed by atoms with Gasteiger partial charge in [0.25, 0.3) is 0 Å². The van der Waals surface area contributed by atoms with Crippen LogP contribution in [-0.4, -0.2) is 36.6 Å². The van der Waals surface area contributed by atoms with E-state index in [1.807, 2.05) is 0 Å². The molecule has 0 spiro atoms. The lowest BCUT2D eigenvalue weighted by molar-refractivity contribution is 0.00578. The summed E-state index contributed by atoms with van der Waals surface area (Å²) in [5.41, 5.74) is 0.330. The lowest BCUT2D eigenvalue weighted by Crippen LogP contribution is -2.45. The van der Waals surface area contributed by atoms with Gasteiger partial charge in [-0.1, -0.05) is 60.7 Å². The smallest absolute Gasteiger partial charge is 0.403 e. The van der Waals surface area contributed by atoms with Gasteiger partial charge in [0, 0.05) is 5.41 Å². The Bertz CT molecular complexity index is 925. The molecule has 2 saturated heterocycles. The normalized spacial score (nSPS) is 27.5. The summed E-state index contributed by atoms with van der Waals surface area (Å²) in [6.45, 7) is 16.9. The van der Waals surface area contributed by atoms with Gasteiger partial charge in [-0.05, 0) is 72.9 Å². The molecule has 3 aliphatic rings. The quantitative estimate of drug-likeness (QED) is 0.553. The van der Waals surface area contributed by atoms with Crippen LogP contribution in [0.25, 0.3) is 0 Å². The van der Waals surface area contributed by atoms with Crippen LogP contribution in [0.1, 0.15) is 72.9 Å². The minimum Gasteiger partial charge on any atom is -0.403 e. The van der Waals surface area contributed by atoms with E-state index >= 15 is 0 Å². The highest BCUT2D eigenvalue weighted by Gasteiger charge is 2.85. The molecule has 6 heteroatoms. The van der Waals surface area contributed by atoms with Crippen LogP contribution in [0, 0.1) is 0 Å². The van der Waals surface area contributed by atoms with Crippen LogP contribution in [0.2, 0.25) is 5.21 Å². The molecule has 174 valence electrons. The first-order valence-corrected chi connectivity index (χ1v) is 12.1. The average Bonchev–Trinajstić information content (AvgIpc) is 3.33. The van der Waals surface area contributed by atoms with Crippen molar-refractivity contribution in [2.45, 2.75) is 94.8 Å². The van der Waals surface area contributed by atoms with Gasteiger partial charge in [0.2, 0.25) is 0 Å². The second kappa shape index (κ2) is 6.97. The highest BCUT2D eigenvalue weighted by molar-refractivity contribution is 6.74. The second-order valence-electron chi connectivity index (χ2n) is 12.0. The maximum absolute atomic E-state index is 6.76. The Labute approximate surface area is 199 Å². The zero-order valence-electron chi connectivity index (χ0n) is 21.3. The number of benzene rings is 2. The van der Waals surface area contributed by atoms with Crippen LogP contribution >= 0.6 is 0 Å². The first-order chi connectivity index (χ1) is 15.3. The minimum absolute atomic E-state index is 0.349. The van der Waals surface area contributed by atoms with Crippen LogP contribution < -0.4 is 0 Å². The molecule has 2 aliphatic heterocycles. The fourth-order valence-electron chi connectivity index (χ4n) is 5.54. The predicted octanol–water partition coefficient (Wildman–Crippen LogP) is 5.84. The molecule has 3 fully saturated rings. The third-order valence-corrected chi connectivity index (χ3v) is 9.11. The predicted molar refractivity (Wildman–Crippen MR) is 133 cm³/mol. The molecule has 0 atom stereocenters. The van der Waals surface area contributed by atoms with Crippen molar-refractivity contribution in [3.63, 3.8) is 0 Å². The summed E-state index contributed by atoms with van der Waals surface area (Å²) >= 11 is 0. The molecule has 5 rings (SSSR count). The molecule has 2 aromatic rings. The topological polar surface area (TPSA) is 36.9 Å². The molecule has 2 aromatic carbocycles. The van der Waals surface area contributed by atoms with Gasteiger partial charge in [-0.2, -0.15) is 0 Å². The minimum atomic E-state index is -0.536. The zero-order valence-corrected chi connectivity index (χ0v) is 21.3. The van der Waals surface area contributed by atoms with Crippen molar-refractivity contribution in [3.05, 3.63) is 71.8 Å². The Kier molecular flexibility index (Phi) is 4.90. The molecule has 1 saturated carbocycles. The van der Waals surface area contributed by atoms with E-state index in [0.29, 0.717) is 0 Å². The average molecular weight is 446 g/mol. The van der Waals surface area contributed by atoms with E-state index in [1.165, 1.54) is 11.1 Å². The van der Waals surface area contributed by atoms with Crippen molar-refractivity contribution in [1.29, 1.82) is 0 Å². The zero-order chi connectivity index (χ0) is 23.9. The Morgan fingerprint density at radius 1 is 0.515 bits per heavy atom. The summed E-state index contributed by atoms with van der Waals surface area (Å²) < 4.78 is 27.0. The van der Waals surface area contributed by atoms with E-state index in [2.05, 4.69) is 116 Å². The summed E-state index contributed by atoms with van der Waals surface area (Å²) in [5.74, 6) is 0. The van der Waals surface area contributed by atoms with Crippen molar-refractivity contribution < 1.29 is 18.6 Å². The van der Waals surface area contributed by atoms with Crippen molar-refractivity contribution in [1.82, 2.24) is 0 Å². The van der Waals surface area contributed by atoms with E-state index in [-0.39, 0.29) is 5.41 Å². The van der Waals surface area contributed by atoms with Crippen molar-refractivity contribution in [2.75, 3.05) is 0 Å². The summed E-state index contributed by atoms with van der Waals surface area (Å²) in [7, 11) is -0.949. The summed E-state index contributed by atoms with van der Waals surface area (Å²) in [6, 6.07) is 21.4. The fourth-order valence-corrected chi connectivity index (χ4v) is 5.54. The molecule has 0 bridgehead atoms.